The number of hydrogen-bond donors (Lipinski definition) is 1. The van der Waals surface area contributed by atoms with E-state index in [0.29, 0.717) is 28.9 Å². The van der Waals surface area contributed by atoms with Crippen molar-refractivity contribution in [3.05, 3.63) is 97.0 Å². The van der Waals surface area contributed by atoms with E-state index in [1.165, 1.54) is 41.3 Å². The van der Waals surface area contributed by atoms with Gasteiger partial charge in [0, 0.05) is 42.0 Å². The molecule has 172 valence electrons. The Balaban J connectivity index is 2.01. The van der Waals surface area contributed by atoms with Crippen LogP contribution in [0.2, 0.25) is 0 Å². The number of hydrogen-bond acceptors (Lipinski definition) is 8. The molecule has 0 fully saturated rings. The molecular weight excluding hydrogens is 438 g/mol. The van der Waals surface area contributed by atoms with E-state index < -0.39 is 21.2 Å². The van der Waals surface area contributed by atoms with Crippen LogP contribution < -0.4 is 10.6 Å². The van der Waals surface area contributed by atoms with Crippen LogP contribution in [0.25, 0.3) is 0 Å². The summed E-state index contributed by atoms with van der Waals surface area (Å²) in [4.78, 5) is 36.7. The van der Waals surface area contributed by atoms with Gasteiger partial charge in [0.15, 0.2) is 5.78 Å². The number of Topliss-reactive ketones (excluding diaryl/α,β-unsaturated/α-hetero) is 1. The lowest BCUT2D eigenvalue weighted by molar-refractivity contribution is -0.385. The van der Waals surface area contributed by atoms with Gasteiger partial charge in [-0.05, 0) is 23.5 Å². The van der Waals surface area contributed by atoms with Crippen LogP contribution >= 0.6 is 0 Å². The highest BCUT2D eigenvalue weighted by atomic mass is 16.6. The van der Waals surface area contributed by atoms with Crippen LogP contribution in [0.1, 0.15) is 38.2 Å². The van der Waals surface area contributed by atoms with Crippen LogP contribution in [-0.4, -0.2) is 15.6 Å². The van der Waals surface area contributed by atoms with E-state index in [-0.39, 0.29) is 35.0 Å². The van der Waals surface area contributed by atoms with Gasteiger partial charge in [0.2, 0.25) is 0 Å². The maximum Gasteiger partial charge on any atom is 0.271 e. The van der Waals surface area contributed by atoms with Gasteiger partial charge in [0.25, 0.3) is 11.4 Å². The second-order valence-corrected chi connectivity index (χ2v) is 9.11. The summed E-state index contributed by atoms with van der Waals surface area (Å²) < 4.78 is 0. The molecule has 0 bridgehead atoms. The van der Waals surface area contributed by atoms with Crippen LogP contribution in [0.3, 0.4) is 0 Å². The molecule has 0 spiro atoms. The average molecular weight is 459 g/mol. The van der Waals surface area contributed by atoms with E-state index >= 15 is 0 Å². The quantitative estimate of drug-likeness (QED) is 0.519. The van der Waals surface area contributed by atoms with E-state index in [9.17, 15) is 30.3 Å². The molecule has 2 aromatic rings. The number of nitro benzene ring substituents is 2. The summed E-state index contributed by atoms with van der Waals surface area (Å²) in [5.41, 5.74) is 7.43. The predicted molar refractivity (Wildman–Crippen MR) is 123 cm³/mol. The number of allylic oxidation sites excluding steroid dienone is 3. The molecule has 1 aliphatic carbocycles. The molecule has 34 heavy (non-hydrogen) atoms. The molecule has 1 heterocycles. The summed E-state index contributed by atoms with van der Waals surface area (Å²) in [5, 5.41) is 32.8. The summed E-state index contributed by atoms with van der Waals surface area (Å²) in [7, 11) is 0. The minimum Gasteiger partial charge on any atom is -0.384 e. The number of rotatable bonds is 4. The maximum atomic E-state index is 13.5. The molecule has 1 atom stereocenters. The van der Waals surface area contributed by atoms with Gasteiger partial charge in [0.1, 0.15) is 5.82 Å². The average Bonchev–Trinajstić information content (AvgIpc) is 2.77. The standard InChI is InChI=1S/C24H21N5O5/c1-24(2)11-19-22(20(30)12-24)21(14-5-3-7-16(9-14)28(31)32)18(13-25)23(26)27(19)15-6-4-8-17(10-15)29(33)34/h3-10,21H,11-12,26H2,1-2H3/t21-/m0/s1. The van der Waals surface area contributed by atoms with Crippen LogP contribution in [0.5, 0.6) is 0 Å². The van der Waals surface area contributed by atoms with Crippen molar-refractivity contribution in [3.8, 4) is 6.07 Å². The normalized spacial score (nSPS) is 19.5. The smallest absolute Gasteiger partial charge is 0.271 e. The molecule has 10 nitrogen and oxygen atoms in total. The number of anilines is 1. The molecule has 0 radical (unpaired) electrons. The molecule has 2 aliphatic rings. The number of carbonyl (C=O) groups excluding carboxylic acids is 1. The second kappa shape index (κ2) is 8.12. The van der Waals surface area contributed by atoms with Crippen LogP contribution in [0, 0.1) is 37.0 Å². The molecule has 2 aromatic carbocycles. The zero-order valence-electron chi connectivity index (χ0n) is 18.5. The fourth-order valence-electron chi connectivity index (χ4n) is 4.70. The zero-order chi connectivity index (χ0) is 24.8. The minimum atomic E-state index is -0.876. The van der Waals surface area contributed by atoms with E-state index in [2.05, 4.69) is 6.07 Å². The van der Waals surface area contributed by atoms with Crippen molar-refractivity contribution in [3.63, 3.8) is 0 Å². The van der Waals surface area contributed by atoms with Gasteiger partial charge in [-0.1, -0.05) is 32.0 Å². The summed E-state index contributed by atoms with van der Waals surface area (Å²) in [6.07, 6.45) is 0.639. The van der Waals surface area contributed by atoms with Crippen LogP contribution in [0.15, 0.2) is 71.2 Å². The van der Waals surface area contributed by atoms with Crippen molar-refractivity contribution < 1.29 is 14.6 Å². The topological polar surface area (TPSA) is 156 Å². The van der Waals surface area contributed by atoms with E-state index in [1.807, 2.05) is 13.8 Å². The van der Waals surface area contributed by atoms with Crippen LogP contribution in [-0.2, 0) is 4.79 Å². The Morgan fingerprint density at radius 2 is 1.68 bits per heavy atom. The maximum absolute atomic E-state index is 13.5. The number of ketones is 1. The molecule has 2 N–H and O–H groups in total. The molecule has 4 rings (SSSR count). The fourth-order valence-corrected chi connectivity index (χ4v) is 4.70. The van der Waals surface area contributed by atoms with Gasteiger partial charge in [0.05, 0.1) is 33.1 Å². The van der Waals surface area contributed by atoms with Gasteiger partial charge in [-0.2, -0.15) is 5.26 Å². The first-order valence-corrected chi connectivity index (χ1v) is 10.5. The zero-order valence-corrected chi connectivity index (χ0v) is 18.5. The summed E-state index contributed by atoms with van der Waals surface area (Å²) in [6.45, 7) is 3.87. The molecule has 10 heteroatoms. The highest BCUT2D eigenvalue weighted by molar-refractivity contribution is 6.01. The third kappa shape index (κ3) is 3.77. The van der Waals surface area contributed by atoms with Gasteiger partial charge in [-0.25, -0.2) is 0 Å². The Morgan fingerprint density at radius 1 is 1.06 bits per heavy atom. The first-order valence-electron chi connectivity index (χ1n) is 10.5. The lowest BCUT2D eigenvalue weighted by Gasteiger charge is -2.43. The largest absolute Gasteiger partial charge is 0.384 e. The van der Waals surface area contributed by atoms with E-state index in [1.54, 1.807) is 12.1 Å². The van der Waals surface area contributed by atoms with E-state index in [0.717, 1.165) is 0 Å². The van der Waals surface area contributed by atoms with Gasteiger partial charge in [-0.3, -0.25) is 29.9 Å². The lowest BCUT2D eigenvalue weighted by Crippen LogP contribution is -2.42. The highest BCUT2D eigenvalue weighted by Gasteiger charge is 2.45. The number of nitrogens with zero attached hydrogens (tertiary/aromatic N) is 4. The number of carbonyl (C=O) groups is 1. The Morgan fingerprint density at radius 3 is 2.29 bits per heavy atom. The van der Waals surface area contributed by atoms with Crippen molar-refractivity contribution in [1.29, 1.82) is 5.26 Å². The molecule has 0 aromatic heterocycles. The minimum absolute atomic E-state index is 0.0313. The Labute approximate surface area is 194 Å². The van der Waals surface area contributed by atoms with Crippen molar-refractivity contribution in [1.82, 2.24) is 0 Å². The van der Waals surface area contributed by atoms with E-state index in [4.69, 9.17) is 5.73 Å². The predicted octanol–water partition coefficient (Wildman–Crippen LogP) is 4.44. The first-order chi connectivity index (χ1) is 16.0. The number of nitriles is 1. The number of nitro groups is 2. The molecule has 0 amide bonds. The Hall–Kier alpha value is -4.52. The molecule has 0 saturated heterocycles. The SMILES string of the molecule is CC1(C)CC(=O)C2=C(C1)N(c1cccc([N+](=O)[O-])c1)C(N)=C(C#N)[C@@H]2c1cccc([N+](=O)[O-])c1. The second-order valence-electron chi connectivity index (χ2n) is 9.11. The van der Waals surface area contributed by atoms with Crippen molar-refractivity contribution in [2.75, 3.05) is 4.90 Å². The number of nitrogens with two attached hydrogens (primary N) is 1. The molecule has 0 unspecified atom stereocenters. The molecule has 1 aliphatic heterocycles. The number of non-ortho nitro benzene ring substituents is 2. The van der Waals surface area contributed by atoms with Gasteiger partial charge < -0.3 is 5.73 Å². The molecular formula is C24H21N5O5. The van der Waals surface area contributed by atoms with Gasteiger partial charge in [-0.15, -0.1) is 0 Å². The van der Waals surface area contributed by atoms with Gasteiger partial charge >= 0.3 is 0 Å². The highest BCUT2D eigenvalue weighted by Crippen LogP contribution is 2.50. The first kappa shape index (κ1) is 22.7. The number of benzene rings is 2. The monoisotopic (exact) mass is 459 g/mol. The Bertz CT molecular complexity index is 1350. The third-order valence-corrected chi connectivity index (χ3v) is 6.09. The van der Waals surface area contributed by atoms with Crippen molar-refractivity contribution >= 4 is 22.8 Å². The molecule has 0 saturated carbocycles. The third-order valence-electron chi connectivity index (χ3n) is 6.09. The summed E-state index contributed by atoms with van der Waals surface area (Å²) in [6, 6.07) is 13.7. The Kier molecular flexibility index (Phi) is 5.41. The van der Waals surface area contributed by atoms with Crippen LogP contribution in [0.4, 0.5) is 17.1 Å². The summed E-state index contributed by atoms with van der Waals surface area (Å²) >= 11 is 0. The van der Waals surface area contributed by atoms with Crippen molar-refractivity contribution in [2.45, 2.75) is 32.6 Å². The fraction of sp³-hybridized carbons (Fsp3) is 0.250. The lowest BCUT2D eigenvalue weighted by atomic mass is 9.68. The summed E-state index contributed by atoms with van der Waals surface area (Å²) in [5.74, 6) is -1.04. The van der Waals surface area contributed by atoms with Crippen molar-refractivity contribution in [2.24, 2.45) is 11.1 Å².